The normalized spacial score (nSPS) is 14.9. The first-order valence-corrected chi connectivity index (χ1v) is 14.9. The van der Waals surface area contributed by atoms with Crippen LogP contribution in [0.2, 0.25) is 0 Å². The molecule has 0 radical (unpaired) electrons. The minimum atomic E-state index is -1.20. The summed E-state index contributed by atoms with van der Waals surface area (Å²) < 4.78 is 0. The number of carbonyl (C=O) groups is 1. The lowest BCUT2D eigenvalue weighted by atomic mass is 9.77. The van der Waals surface area contributed by atoms with Crippen molar-refractivity contribution in [1.82, 2.24) is 0 Å². The Bertz CT molecular complexity index is 1310. The molecule has 4 rings (SSSR count). The molecule has 0 atom stereocenters. The summed E-state index contributed by atoms with van der Waals surface area (Å²) in [6.45, 7) is 9.27. The summed E-state index contributed by atoms with van der Waals surface area (Å²) in [5.41, 5.74) is 3.99. The van der Waals surface area contributed by atoms with Crippen LogP contribution in [0, 0.1) is 11.3 Å². The first-order chi connectivity index (χ1) is 17.8. The zero-order valence-electron chi connectivity index (χ0n) is 22.0. The summed E-state index contributed by atoms with van der Waals surface area (Å²) in [5, 5.41) is 18.2. The number of unbranched alkanes of at least 4 members (excludes halogenated alkanes) is 5. The molecular formula is C31H36N2O2S2. The third kappa shape index (κ3) is 6.52. The van der Waals surface area contributed by atoms with Gasteiger partial charge in [-0.05, 0) is 71.9 Å². The fourth-order valence-corrected chi connectivity index (χ4v) is 7.01. The Kier molecular flexibility index (Phi) is 8.89. The number of thiophene rings is 2. The molecule has 1 N–H and O–H groups in total. The van der Waals surface area contributed by atoms with Crippen molar-refractivity contribution in [2.24, 2.45) is 0 Å². The van der Waals surface area contributed by atoms with Crippen molar-refractivity contribution >= 4 is 40.4 Å². The third-order valence-electron chi connectivity index (χ3n) is 7.25. The van der Waals surface area contributed by atoms with Crippen LogP contribution in [0.1, 0.15) is 76.2 Å². The van der Waals surface area contributed by atoms with E-state index in [9.17, 15) is 4.79 Å². The highest BCUT2D eigenvalue weighted by molar-refractivity contribution is 7.24. The van der Waals surface area contributed by atoms with Crippen molar-refractivity contribution in [3.05, 3.63) is 58.5 Å². The number of carboxylic acid groups (broad SMARTS) is 1. The van der Waals surface area contributed by atoms with E-state index in [4.69, 9.17) is 10.4 Å². The number of fused-ring (bicyclic) bond motifs is 1. The van der Waals surface area contributed by atoms with Gasteiger partial charge in [0, 0.05) is 38.3 Å². The number of nitrogens with zero attached hydrogens (tertiary/aromatic N) is 2. The van der Waals surface area contributed by atoms with Gasteiger partial charge in [0.15, 0.2) is 0 Å². The molecule has 0 saturated heterocycles. The van der Waals surface area contributed by atoms with Crippen LogP contribution in [0.15, 0.2) is 48.0 Å². The van der Waals surface area contributed by atoms with Crippen LogP contribution in [0.25, 0.3) is 26.3 Å². The fourth-order valence-electron chi connectivity index (χ4n) is 4.96. The minimum Gasteiger partial charge on any atom is -0.477 e. The number of aliphatic carboxylic acids is 1. The lowest BCUT2D eigenvalue weighted by molar-refractivity contribution is -0.132. The molecule has 0 saturated carbocycles. The van der Waals surface area contributed by atoms with Gasteiger partial charge in [-0.3, -0.25) is 0 Å². The summed E-state index contributed by atoms with van der Waals surface area (Å²) >= 11 is 3.26. The van der Waals surface area contributed by atoms with Crippen molar-refractivity contribution < 1.29 is 9.90 Å². The Balaban J connectivity index is 1.51. The van der Waals surface area contributed by atoms with E-state index in [0.717, 1.165) is 27.7 Å². The molecule has 4 nitrogen and oxygen atoms in total. The Labute approximate surface area is 228 Å². The third-order valence-corrected chi connectivity index (χ3v) is 9.61. The van der Waals surface area contributed by atoms with Crippen LogP contribution < -0.4 is 4.90 Å². The largest absolute Gasteiger partial charge is 0.477 e. The zero-order valence-corrected chi connectivity index (χ0v) is 23.7. The molecular weight excluding hydrogens is 496 g/mol. The van der Waals surface area contributed by atoms with E-state index in [1.807, 2.05) is 12.1 Å². The number of benzene rings is 1. The van der Waals surface area contributed by atoms with Crippen molar-refractivity contribution in [2.45, 2.75) is 71.1 Å². The van der Waals surface area contributed by atoms with Crippen LogP contribution in [0.3, 0.4) is 0 Å². The van der Waals surface area contributed by atoms with Crippen LogP contribution in [-0.2, 0) is 10.2 Å². The molecule has 0 spiro atoms. The molecule has 3 aromatic rings. The van der Waals surface area contributed by atoms with Crippen LogP contribution in [-0.4, -0.2) is 24.2 Å². The van der Waals surface area contributed by atoms with E-state index in [-0.39, 0.29) is 11.0 Å². The molecule has 1 aliphatic rings. The summed E-state index contributed by atoms with van der Waals surface area (Å²) in [6, 6.07) is 16.9. The van der Waals surface area contributed by atoms with Crippen molar-refractivity contribution in [1.29, 1.82) is 5.26 Å². The maximum atomic E-state index is 11.2. The summed E-state index contributed by atoms with van der Waals surface area (Å²) in [7, 11) is 0. The second-order valence-corrected chi connectivity index (χ2v) is 12.7. The Morgan fingerprint density at radius 1 is 1.03 bits per heavy atom. The van der Waals surface area contributed by atoms with Gasteiger partial charge in [0.2, 0.25) is 0 Å². The topological polar surface area (TPSA) is 64.3 Å². The van der Waals surface area contributed by atoms with Gasteiger partial charge in [0.1, 0.15) is 11.6 Å². The average Bonchev–Trinajstić information content (AvgIpc) is 3.55. The summed E-state index contributed by atoms with van der Waals surface area (Å²) in [6.07, 6.45) is 10.5. The number of anilines is 1. The number of hydrogen-bond donors (Lipinski definition) is 1. The minimum absolute atomic E-state index is 0.153. The maximum Gasteiger partial charge on any atom is 0.346 e. The van der Waals surface area contributed by atoms with Crippen LogP contribution in [0.4, 0.5) is 5.69 Å². The second-order valence-electron chi connectivity index (χ2n) is 10.5. The Morgan fingerprint density at radius 3 is 2.49 bits per heavy atom. The van der Waals surface area contributed by atoms with Crippen molar-refractivity contribution in [3.8, 4) is 26.3 Å². The maximum absolute atomic E-state index is 11.2. The number of hydrogen-bond acceptors (Lipinski definition) is 5. The molecule has 1 aromatic carbocycles. The predicted molar refractivity (Wildman–Crippen MR) is 158 cm³/mol. The van der Waals surface area contributed by atoms with E-state index < -0.39 is 5.97 Å². The molecule has 37 heavy (non-hydrogen) atoms. The van der Waals surface area contributed by atoms with E-state index in [1.165, 1.54) is 84.0 Å². The lowest BCUT2D eigenvalue weighted by Crippen LogP contribution is -2.37. The quantitative estimate of drug-likeness (QED) is 0.152. The molecule has 0 bridgehead atoms. The fraction of sp³-hybridized carbons (Fsp3) is 0.419. The number of carboxylic acids is 1. The van der Waals surface area contributed by atoms with Crippen molar-refractivity contribution in [3.63, 3.8) is 0 Å². The summed E-state index contributed by atoms with van der Waals surface area (Å²) in [4.78, 5) is 18.0. The lowest BCUT2D eigenvalue weighted by Gasteiger charge is -2.40. The molecule has 6 heteroatoms. The molecule has 0 aliphatic carbocycles. The Morgan fingerprint density at radius 2 is 1.73 bits per heavy atom. The average molecular weight is 533 g/mol. The van der Waals surface area contributed by atoms with Gasteiger partial charge in [0.05, 0.1) is 0 Å². The molecule has 194 valence electrons. The number of nitriles is 1. The van der Waals surface area contributed by atoms with Gasteiger partial charge < -0.3 is 10.0 Å². The SMILES string of the molecule is CCCCCCCCN1CCC(C)(C)c2cc(-c3ccc(-c4ccc(/C=C(\C#N)C(=O)O)s4)s3)ccc21. The first kappa shape index (κ1) is 27.2. The van der Waals surface area contributed by atoms with Gasteiger partial charge in [0.25, 0.3) is 0 Å². The van der Waals surface area contributed by atoms with Gasteiger partial charge in [-0.2, -0.15) is 5.26 Å². The predicted octanol–water partition coefficient (Wildman–Crippen LogP) is 8.98. The van der Waals surface area contributed by atoms with Crippen LogP contribution >= 0.6 is 22.7 Å². The molecule has 3 heterocycles. The molecule has 0 fully saturated rings. The van der Waals surface area contributed by atoms with E-state index >= 15 is 0 Å². The van der Waals surface area contributed by atoms with Gasteiger partial charge in [-0.15, -0.1) is 22.7 Å². The van der Waals surface area contributed by atoms with Gasteiger partial charge in [-0.25, -0.2) is 4.79 Å². The first-order valence-electron chi connectivity index (χ1n) is 13.3. The highest BCUT2D eigenvalue weighted by Gasteiger charge is 2.31. The standard InChI is InChI=1S/C31H36N2O2S2/c1-4-5-6-7-8-9-17-33-18-16-31(2,3)25-20-22(10-12-26(25)33)27-14-15-29(37-27)28-13-11-24(36-28)19-23(21-32)30(34)35/h10-15,19-20H,4-9,16-18H2,1-3H3,(H,34,35)/b23-19+. The highest BCUT2D eigenvalue weighted by atomic mass is 32.1. The number of rotatable bonds is 11. The van der Waals surface area contributed by atoms with E-state index in [1.54, 1.807) is 17.4 Å². The van der Waals surface area contributed by atoms with E-state index in [0.29, 0.717) is 0 Å². The van der Waals surface area contributed by atoms with E-state index in [2.05, 4.69) is 56.0 Å². The molecule has 1 aliphatic heterocycles. The Hall–Kier alpha value is -2.88. The zero-order chi connectivity index (χ0) is 26.4. The molecule has 2 aromatic heterocycles. The van der Waals surface area contributed by atoms with Gasteiger partial charge >= 0.3 is 5.97 Å². The smallest absolute Gasteiger partial charge is 0.346 e. The highest BCUT2D eigenvalue weighted by Crippen LogP contribution is 2.44. The molecule has 0 unspecified atom stereocenters. The van der Waals surface area contributed by atoms with Crippen LogP contribution in [0.5, 0.6) is 0 Å². The second kappa shape index (κ2) is 12.1. The monoisotopic (exact) mass is 532 g/mol. The van der Waals surface area contributed by atoms with Gasteiger partial charge in [-0.1, -0.05) is 58.9 Å². The van der Waals surface area contributed by atoms with Crippen molar-refractivity contribution in [2.75, 3.05) is 18.0 Å². The molecule has 0 amide bonds. The summed E-state index contributed by atoms with van der Waals surface area (Å²) in [5.74, 6) is -1.20.